The lowest BCUT2D eigenvalue weighted by molar-refractivity contribution is -0.116. The number of nitrogens with zero attached hydrogens (tertiary/aromatic N) is 2. The van der Waals surface area contributed by atoms with Crippen molar-refractivity contribution in [2.45, 2.75) is 4.90 Å². The number of carbonyl (C=O) groups excluding carboxylic acids is 1. The molecule has 1 amide bonds. The van der Waals surface area contributed by atoms with Crippen LogP contribution in [0.4, 0.5) is 5.69 Å². The maximum Gasteiger partial charge on any atom is 0.248 e. The Morgan fingerprint density at radius 3 is 2.77 bits per heavy atom. The van der Waals surface area contributed by atoms with E-state index in [1.54, 1.807) is 24.4 Å². The van der Waals surface area contributed by atoms with Crippen molar-refractivity contribution in [2.75, 3.05) is 18.9 Å². The van der Waals surface area contributed by atoms with Crippen LogP contribution in [0, 0.1) is 0 Å². The summed E-state index contributed by atoms with van der Waals surface area (Å²) in [6, 6.07) is 10.6. The molecule has 2 aromatic heterocycles. The summed E-state index contributed by atoms with van der Waals surface area (Å²) in [7, 11) is -2.53. The van der Waals surface area contributed by atoms with E-state index in [4.69, 9.17) is 0 Å². The van der Waals surface area contributed by atoms with Gasteiger partial charge < -0.3 is 10.3 Å². The number of nitrogens with one attached hydrogen (secondary N) is 2. The van der Waals surface area contributed by atoms with Crippen molar-refractivity contribution in [3.05, 3.63) is 65.2 Å². The highest BCUT2D eigenvalue weighted by Gasteiger charge is 2.23. The molecule has 0 aliphatic carbocycles. The summed E-state index contributed by atoms with van der Waals surface area (Å²) in [6.45, 7) is -0.346. The normalized spacial score (nSPS) is 11.6. The molecule has 8 nitrogen and oxygen atoms in total. The second-order valence-corrected chi connectivity index (χ2v) is 7.67. The number of pyridine rings is 2. The molecule has 0 aliphatic rings. The molecule has 0 bridgehead atoms. The molecule has 0 atom stereocenters. The average molecular weight is 372 g/mol. The standard InChI is InChI=1S/C17H16N4O4S/c1-21(11-17(23)19-13-3-2-8-18-10-13)26(24,25)14-5-6-15-12(9-14)4-7-16(22)20-15/h2-10H,11H2,1H3,(H,19,23)(H,20,22). The molecule has 0 radical (unpaired) electrons. The molecule has 0 spiro atoms. The number of likely N-dealkylation sites (N-methyl/N-ethyl adjacent to an activating group) is 1. The number of rotatable bonds is 5. The molecular weight excluding hydrogens is 356 g/mol. The largest absolute Gasteiger partial charge is 0.324 e. The molecule has 9 heteroatoms. The molecule has 2 N–H and O–H groups in total. The average Bonchev–Trinajstić information content (AvgIpc) is 2.61. The van der Waals surface area contributed by atoms with Crippen LogP contribution in [-0.4, -0.2) is 42.2 Å². The van der Waals surface area contributed by atoms with Gasteiger partial charge in [-0.25, -0.2) is 8.42 Å². The van der Waals surface area contributed by atoms with Crippen molar-refractivity contribution in [3.63, 3.8) is 0 Å². The summed E-state index contributed by atoms with van der Waals surface area (Å²) >= 11 is 0. The molecule has 3 aromatic rings. The molecule has 2 heterocycles. The van der Waals surface area contributed by atoms with Crippen molar-refractivity contribution < 1.29 is 13.2 Å². The quantitative estimate of drug-likeness (QED) is 0.698. The van der Waals surface area contributed by atoms with Gasteiger partial charge in [-0.3, -0.25) is 14.6 Å². The van der Waals surface area contributed by atoms with Gasteiger partial charge in [-0.05, 0) is 41.8 Å². The van der Waals surface area contributed by atoms with E-state index in [9.17, 15) is 18.0 Å². The van der Waals surface area contributed by atoms with Gasteiger partial charge in [0.15, 0.2) is 0 Å². The van der Waals surface area contributed by atoms with Crippen LogP contribution in [0.3, 0.4) is 0 Å². The number of hydrogen-bond donors (Lipinski definition) is 2. The van der Waals surface area contributed by atoms with E-state index < -0.39 is 15.9 Å². The van der Waals surface area contributed by atoms with Gasteiger partial charge in [-0.1, -0.05) is 0 Å². The first kappa shape index (κ1) is 17.8. The summed E-state index contributed by atoms with van der Waals surface area (Å²) < 4.78 is 26.3. The third-order valence-electron chi connectivity index (χ3n) is 3.71. The lowest BCUT2D eigenvalue weighted by Crippen LogP contribution is -2.35. The van der Waals surface area contributed by atoms with Gasteiger partial charge in [0.05, 0.1) is 23.3 Å². The summed E-state index contributed by atoms with van der Waals surface area (Å²) in [5.41, 5.74) is 0.753. The minimum Gasteiger partial charge on any atom is -0.324 e. The van der Waals surface area contributed by atoms with E-state index in [1.165, 1.54) is 37.5 Å². The first-order valence-electron chi connectivity index (χ1n) is 7.65. The highest BCUT2D eigenvalue weighted by molar-refractivity contribution is 7.89. The first-order valence-corrected chi connectivity index (χ1v) is 9.09. The zero-order chi connectivity index (χ0) is 18.7. The molecule has 134 valence electrons. The third kappa shape index (κ3) is 3.79. The summed E-state index contributed by atoms with van der Waals surface area (Å²) in [6.07, 6.45) is 3.04. The molecule has 26 heavy (non-hydrogen) atoms. The zero-order valence-electron chi connectivity index (χ0n) is 13.8. The molecule has 0 saturated heterocycles. The smallest absolute Gasteiger partial charge is 0.248 e. The molecule has 0 fully saturated rings. The van der Waals surface area contributed by atoms with E-state index >= 15 is 0 Å². The Kier molecular flexibility index (Phi) is 4.83. The van der Waals surface area contributed by atoms with Gasteiger partial charge in [0.1, 0.15) is 0 Å². The second kappa shape index (κ2) is 7.06. The minimum absolute atomic E-state index is 0.0359. The number of sulfonamides is 1. The van der Waals surface area contributed by atoms with Crippen LogP contribution >= 0.6 is 0 Å². The van der Waals surface area contributed by atoms with Crippen molar-refractivity contribution in [1.29, 1.82) is 0 Å². The number of anilines is 1. The van der Waals surface area contributed by atoms with Crippen LogP contribution in [0.2, 0.25) is 0 Å². The second-order valence-electron chi connectivity index (χ2n) is 5.62. The van der Waals surface area contributed by atoms with Crippen molar-refractivity contribution in [1.82, 2.24) is 14.3 Å². The monoisotopic (exact) mass is 372 g/mol. The number of fused-ring (bicyclic) bond motifs is 1. The van der Waals surface area contributed by atoms with Gasteiger partial charge >= 0.3 is 0 Å². The van der Waals surface area contributed by atoms with Gasteiger partial charge in [0, 0.05) is 24.8 Å². The van der Waals surface area contributed by atoms with E-state index in [0.29, 0.717) is 16.6 Å². The van der Waals surface area contributed by atoms with E-state index in [1.807, 2.05) is 0 Å². The summed E-state index contributed by atoms with van der Waals surface area (Å²) in [5, 5.41) is 3.17. The Balaban J connectivity index is 1.79. The highest BCUT2D eigenvalue weighted by Crippen LogP contribution is 2.19. The Hall–Kier alpha value is -3.04. The van der Waals surface area contributed by atoms with E-state index in [2.05, 4.69) is 15.3 Å². The van der Waals surface area contributed by atoms with Crippen LogP contribution in [0.1, 0.15) is 0 Å². The molecule has 0 aliphatic heterocycles. The number of aromatic nitrogens is 2. The minimum atomic E-state index is -3.86. The van der Waals surface area contributed by atoms with Crippen LogP contribution < -0.4 is 10.9 Å². The van der Waals surface area contributed by atoms with Gasteiger partial charge in [0.2, 0.25) is 21.5 Å². The van der Waals surface area contributed by atoms with E-state index in [0.717, 1.165) is 4.31 Å². The molecule has 0 saturated carbocycles. The number of benzene rings is 1. The van der Waals surface area contributed by atoms with Crippen molar-refractivity contribution in [3.8, 4) is 0 Å². The first-order chi connectivity index (χ1) is 12.4. The number of aromatic amines is 1. The van der Waals surface area contributed by atoms with Gasteiger partial charge in [-0.2, -0.15) is 4.31 Å². The lowest BCUT2D eigenvalue weighted by atomic mass is 10.2. The Morgan fingerprint density at radius 1 is 1.23 bits per heavy atom. The lowest BCUT2D eigenvalue weighted by Gasteiger charge is -2.17. The summed E-state index contributed by atoms with van der Waals surface area (Å²) in [5.74, 6) is -0.478. The summed E-state index contributed by atoms with van der Waals surface area (Å²) in [4.78, 5) is 29.9. The number of amides is 1. The number of hydrogen-bond acceptors (Lipinski definition) is 5. The topological polar surface area (TPSA) is 112 Å². The predicted molar refractivity (Wildman–Crippen MR) is 97.3 cm³/mol. The van der Waals surface area contributed by atoms with Crippen LogP contribution in [-0.2, 0) is 14.8 Å². The number of carbonyl (C=O) groups is 1. The Labute approximate surface area is 149 Å². The van der Waals surface area contributed by atoms with Gasteiger partial charge in [0.25, 0.3) is 0 Å². The molecule has 3 rings (SSSR count). The predicted octanol–water partition coefficient (Wildman–Crippen LogP) is 1.18. The molecule has 1 aromatic carbocycles. The van der Waals surface area contributed by atoms with Crippen LogP contribution in [0.15, 0.2) is 64.5 Å². The van der Waals surface area contributed by atoms with E-state index in [-0.39, 0.29) is 17.0 Å². The van der Waals surface area contributed by atoms with Crippen LogP contribution in [0.25, 0.3) is 10.9 Å². The van der Waals surface area contributed by atoms with Crippen molar-refractivity contribution >= 4 is 32.5 Å². The molecule has 0 unspecified atom stereocenters. The Morgan fingerprint density at radius 2 is 2.04 bits per heavy atom. The maximum atomic E-state index is 12.7. The molecular formula is C17H16N4O4S. The fraction of sp³-hybridized carbons (Fsp3) is 0.118. The Bertz CT molecular complexity index is 1110. The SMILES string of the molecule is CN(CC(=O)Nc1cccnc1)S(=O)(=O)c1ccc2[nH]c(=O)ccc2c1. The van der Waals surface area contributed by atoms with Crippen molar-refractivity contribution in [2.24, 2.45) is 0 Å². The fourth-order valence-corrected chi connectivity index (χ4v) is 3.56. The number of H-pyrrole nitrogens is 1. The highest BCUT2D eigenvalue weighted by atomic mass is 32.2. The van der Waals surface area contributed by atoms with Gasteiger partial charge in [-0.15, -0.1) is 0 Å². The maximum absolute atomic E-state index is 12.7. The zero-order valence-corrected chi connectivity index (χ0v) is 14.7. The van der Waals surface area contributed by atoms with Crippen LogP contribution in [0.5, 0.6) is 0 Å². The fourth-order valence-electron chi connectivity index (χ4n) is 2.40. The third-order valence-corrected chi connectivity index (χ3v) is 5.51.